The molecule has 4 atom stereocenters. The van der Waals surface area contributed by atoms with Crippen molar-refractivity contribution in [1.29, 1.82) is 0 Å². The number of esters is 2. The summed E-state index contributed by atoms with van der Waals surface area (Å²) in [7, 11) is 2.87. The number of hydrogen-bond donors (Lipinski definition) is 4. The number of ether oxygens (including phenoxy) is 2. The molecule has 4 N–H and O–H groups in total. The van der Waals surface area contributed by atoms with E-state index in [9.17, 15) is 28.8 Å². The van der Waals surface area contributed by atoms with Crippen molar-refractivity contribution < 1.29 is 38.2 Å². The van der Waals surface area contributed by atoms with E-state index in [0.29, 0.717) is 12.2 Å². The minimum Gasteiger partial charge on any atom is -0.460 e. The minimum absolute atomic E-state index is 0.0833. The van der Waals surface area contributed by atoms with Gasteiger partial charge in [0.25, 0.3) is 0 Å². The number of carbonyl (C=O) groups is 6. The van der Waals surface area contributed by atoms with Crippen molar-refractivity contribution in [2.45, 2.75) is 90.1 Å². The van der Waals surface area contributed by atoms with Crippen LogP contribution in [0.4, 0.5) is 0 Å². The maximum Gasteiger partial charge on any atom is 0.326 e. The fourth-order valence-corrected chi connectivity index (χ4v) is 5.93. The molecule has 0 radical (unpaired) electrons. The zero-order valence-electron chi connectivity index (χ0n) is 23.6. The molecule has 2 bridgehead atoms. The molecule has 0 aromatic rings. The van der Waals surface area contributed by atoms with Gasteiger partial charge in [0.2, 0.25) is 23.6 Å². The Morgan fingerprint density at radius 2 is 1.77 bits per heavy atom. The lowest BCUT2D eigenvalue weighted by atomic mass is 10.0. The van der Waals surface area contributed by atoms with E-state index in [0.717, 1.165) is 0 Å². The minimum atomic E-state index is -1.17. The molecule has 2 heterocycles. The third-order valence-electron chi connectivity index (χ3n) is 5.70. The number of allylic oxidation sites excluding steroid dienone is 1. The number of rotatable bonds is 4. The summed E-state index contributed by atoms with van der Waals surface area (Å²) in [5.41, 5.74) is -0.726. The Kier molecular flexibility index (Phi) is 13.3. The fourth-order valence-electron chi connectivity index (χ4n) is 3.77. The van der Waals surface area contributed by atoms with E-state index >= 15 is 0 Å². The van der Waals surface area contributed by atoms with Gasteiger partial charge in [0.15, 0.2) is 0 Å². The van der Waals surface area contributed by atoms with E-state index < -0.39 is 71.9 Å². The molecule has 1 fully saturated rings. The quantitative estimate of drug-likeness (QED) is 0.207. The average Bonchev–Trinajstić information content (AvgIpc) is 2.84. The second kappa shape index (κ2) is 15.9. The smallest absolute Gasteiger partial charge is 0.326 e. The third-order valence-corrected chi connectivity index (χ3v) is 8.15. The zero-order valence-corrected chi connectivity index (χ0v) is 25.2. The summed E-state index contributed by atoms with van der Waals surface area (Å²) in [4.78, 5) is 77.4. The van der Waals surface area contributed by atoms with Crippen molar-refractivity contribution in [2.24, 2.45) is 5.92 Å². The van der Waals surface area contributed by atoms with Gasteiger partial charge in [-0.05, 0) is 45.6 Å². The number of fused-ring (bicyclic) bond motifs is 7. The molecule has 0 unspecified atom stereocenters. The summed E-state index contributed by atoms with van der Waals surface area (Å²) in [5.74, 6) is -3.20. The Hall–Kier alpha value is -2.74. The first-order chi connectivity index (χ1) is 18.7. The van der Waals surface area contributed by atoms with Crippen LogP contribution in [0.5, 0.6) is 0 Å². The number of amides is 4. The first-order valence-electron chi connectivity index (χ1n) is 13.3. The van der Waals surface area contributed by atoms with Gasteiger partial charge in [-0.3, -0.25) is 28.8 Å². The standard InChI is InChI=1S/C26H40N4O8S2/c1-15(2)22-25(36)27-13-21(33)37-16-8-6-7-11-39-40-14-18(24(35)30-22)29-23(34)17(28-19(31)12-16)9-10-20(32)38-26(3,4)5/h6,8,15-18,22H,7,9-14H2,1-5H3,(H,27,36)(H,28,31)(H,29,34)(H,30,35)/b8-6+/t16-,17-,18+,22-/m1/s1. The molecule has 40 heavy (non-hydrogen) atoms. The van der Waals surface area contributed by atoms with Crippen molar-refractivity contribution in [1.82, 2.24) is 21.3 Å². The van der Waals surface area contributed by atoms with Crippen LogP contribution >= 0.6 is 21.6 Å². The summed E-state index contributed by atoms with van der Waals surface area (Å²) in [6, 6.07) is -3.18. The predicted molar refractivity (Wildman–Crippen MR) is 152 cm³/mol. The van der Waals surface area contributed by atoms with Gasteiger partial charge in [-0.15, -0.1) is 0 Å². The molecular weight excluding hydrogens is 560 g/mol. The summed E-state index contributed by atoms with van der Waals surface area (Å²) in [6.45, 7) is 8.19. The van der Waals surface area contributed by atoms with Crippen molar-refractivity contribution in [2.75, 3.05) is 18.1 Å². The normalized spacial score (nSPS) is 26.9. The van der Waals surface area contributed by atoms with Gasteiger partial charge in [0.1, 0.15) is 36.4 Å². The maximum absolute atomic E-state index is 13.4. The van der Waals surface area contributed by atoms with E-state index in [-0.39, 0.29) is 30.9 Å². The molecule has 0 saturated carbocycles. The Morgan fingerprint density at radius 3 is 2.45 bits per heavy atom. The third kappa shape index (κ3) is 12.2. The molecule has 0 aromatic carbocycles. The number of hydrogen-bond acceptors (Lipinski definition) is 10. The largest absolute Gasteiger partial charge is 0.460 e. The van der Waals surface area contributed by atoms with Crippen LogP contribution in [0, 0.1) is 5.92 Å². The Balaban J connectivity index is 2.42. The second-order valence-corrected chi connectivity index (χ2v) is 13.4. The van der Waals surface area contributed by atoms with Crippen LogP contribution in [0.1, 0.15) is 60.3 Å². The van der Waals surface area contributed by atoms with Crippen LogP contribution in [0.3, 0.4) is 0 Å². The molecule has 0 aliphatic carbocycles. The van der Waals surface area contributed by atoms with Crippen molar-refractivity contribution >= 4 is 57.2 Å². The number of carbonyl (C=O) groups excluding carboxylic acids is 6. The van der Waals surface area contributed by atoms with Crippen LogP contribution < -0.4 is 21.3 Å². The molecule has 2 aliphatic heterocycles. The molecular formula is C26H40N4O8S2. The van der Waals surface area contributed by atoms with Crippen LogP contribution in [0.25, 0.3) is 0 Å². The lowest BCUT2D eigenvalue weighted by Crippen LogP contribution is -2.59. The maximum atomic E-state index is 13.4. The van der Waals surface area contributed by atoms with E-state index in [1.165, 1.54) is 21.6 Å². The van der Waals surface area contributed by atoms with Gasteiger partial charge in [-0.25, -0.2) is 0 Å². The van der Waals surface area contributed by atoms with E-state index in [2.05, 4.69) is 21.3 Å². The molecule has 1 saturated heterocycles. The summed E-state index contributed by atoms with van der Waals surface area (Å²) < 4.78 is 10.8. The molecule has 2 aliphatic rings. The van der Waals surface area contributed by atoms with Gasteiger partial charge in [-0.2, -0.15) is 0 Å². The van der Waals surface area contributed by atoms with E-state index in [1.807, 2.05) is 0 Å². The highest BCUT2D eigenvalue weighted by Crippen LogP contribution is 2.24. The van der Waals surface area contributed by atoms with E-state index in [1.54, 1.807) is 46.8 Å². The molecule has 2 rings (SSSR count). The molecule has 12 nitrogen and oxygen atoms in total. The molecule has 0 aromatic heterocycles. The van der Waals surface area contributed by atoms with Crippen LogP contribution in [0.15, 0.2) is 12.2 Å². The number of nitrogens with one attached hydrogen (secondary N) is 4. The first kappa shape index (κ1) is 33.5. The summed E-state index contributed by atoms with van der Waals surface area (Å²) >= 11 is 0. The Labute approximate surface area is 242 Å². The predicted octanol–water partition coefficient (Wildman–Crippen LogP) is 0.992. The highest BCUT2D eigenvalue weighted by atomic mass is 33.1. The molecule has 4 amide bonds. The lowest BCUT2D eigenvalue weighted by Gasteiger charge is -2.27. The Morgan fingerprint density at radius 1 is 1.05 bits per heavy atom. The monoisotopic (exact) mass is 600 g/mol. The van der Waals surface area contributed by atoms with Crippen molar-refractivity contribution in [3.63, 3.8) is 0 Å². The molecule has 0 spiro atoms. The lowest BCUT2D eigenvalue weighted by molar-refractivity contribution is -0.155. The second-order valence-electron chi connectivity index (χ2n) is 10.8. The SMILES string of the molecule is CC(C)[C@H]1NC(=O)[C@@H]2CSSCC/C=C/[C@H](CC(=O)N[C@H](CCC(=O)OC(C)(C)C)C(=O)N2)OC(=O)CNC1=O. The van der Waals surface area contributed by atoms with Gasteiger partial charge in [0, 0.05) is 17.9 Å². The highest BCUT2D eigenvalue weighted by Gasteiger charge is 2.32. The summed E-state index contributed by atoms with van der Waals surface area (Å²) in [5, 5.41) is 10.5. The Bertz CT molecular complexity index is 982. The zero-order chi connectivity index (χ0) is 29.9. The van der Waals surface area contributed by atoms with Gasteiger partial charge in [-0.1, -0.05) is 41.5 Å². The fraction of sp³-hybridized carbons (Fsp3) is 0.692. The van der Waals surface area contributed by atoms with Gasteiger partial charge < -0.3 is 30.7 Å². The van der Waals surface area contributed by atoms with Crippen molar-refractivity contribution in [3.8, 4) is 0 Å². The van der Waals surface area contributed by atoms with Crippen LogP contribution in [0.2, 0.25) is 0 Å². The first-order valence-corrected chi connectivity index (χ1v) is 15.7. The topological polar surface area (TPSA) is 169 Å². The molecule has 224 valence electrons. The van der Waals surface area contributed by atoms with Crippen LogP contribution in [-0.4, -0.2) is 83.4 Å². The van der Waals surface area contributed by atoms with Crippen molar-refractivity contribution in [3.05, 3.63) is 12.2 Å². The average molecular weight is 601 g/mol. The molecule has 14 heteroatoms. The van der Waals surface area contributed by atoms with Gasteiger partial charge in [0.05, 0.1) is 6.42 Å². The summed E-state index contributed by atoms with van der Waals surface area (Å²) in [6.07, 6.45) is 2.53. The van der Waals surface area contributed by atoms with Crippen LogP contribution in [-0.2, 0) is 38.2 Å². The van der Waals surface area contributed by atoms with Gasteiger partial charge >= 0.3 is 11.9 Å². The highest BCUT2D eigenvalue weighted by molar-refractivity contribution is 8.76. The van der Waals surface area contributed by atoms with E-state index in [4.69, 9.17) is 9.47 Å².